The summed E-state index contributed by atoms with van der Waals surface area (Å²) in [7, 11) is 7.89. The van der Waals surface area contributed by atoms with E-state index in [0.29, 0.717) is 6.61 Å². The van der Waals surface area contributed by atoms with Crippen molar-refractivity contribution in [2.24, 2.45) is 5.10 Å². The van der Waals surface area contributed by atoms with E-state index in [1.807, 2.05) is 63.2 Å². The van der Waals surface area contributed by atoms with Crippen LogP contribution in [-0.2, 0) is 6.42 Å². The summed E-state index contributed by atoms with van der Waals surface area (Å²) in [5.74, 6) is 1.58. The maximum atomic E-state index is 6.14. The van der Waals surface area contributed by atoms with Gasteiger partial charge in [-0.15, -0.1) is 0 Å². The minimum absolute atomic E-state index is 0.595. The fourth-order valence-electron chi connectivity index (χ4n) is 2.84. The highest BCUT2D eigenvalue weighted by Crippen LogP contribution is 2.21. The molecule has 0 fully saturated rings. The van der Waals surface area contributed by atoms with Crippen molar-refractivity contribution in [3.05, 3.63) is 78.4 Å². The van der Waals surface area contributed by atoms with Crippen LogP contribution in [0.2, 0.25) is 0 Å². The first-order chi connectivity index (χ1) is 13.5. The van der Waals surface area contributed by atoms with Crippen LogP contribution in [0.15, 0.2) is 72.4 Å². The van der Waals surface area contributed by atoms with Crippen molar-refractivity contribution in [1.29, 1.82) is 0 Å². The zero-order valence-corrected chi connectivity index (χ0v) is 16.9. The fraction of sp³-hybridized carbons (Fsp3) is 0.273. The Bertz CT molecular complexity index is 899. The molecule has 0 N–H and O–H groups in total. The third kappa shape index (κ3) is 4.91. The van der Waals surface area contributed by atoms with E-state index in [2.05, 4.69) is 39.3 Å². The SMILES string of the molecule is CN(C)/N=C(/c1ccccc1OCCc1ccc(N(C)C)cc1)n1ccnc1. The number of benzene rings is 2. The number of nitrogens with zero attached hydrogens (tertiary/aromatic N) is 5. The fourth-order valence-corrected chi connectivity index (χ4v) is 2.84. The van der Waals surface area contributed by atoms with E-state index in [0.717, 1.165) is 23.6 Å². The molecule has 0 saturated heterocycles. The molecule has 0 saturated carbocycles. The molecule has 3 rings (SSSR count). The van der Waals surface area contributed by atoms with Crippen molar-refractivity contribution >= 4 is 11.5 Å². The molecular weight excluding hydrogens is 350 g/mol. The van der Waals surface area contributed by atoms with Crippen LogP contribution in [-0.4, -0.2) is 55.2 Å². The summed E-state index contributed by atoms with van der Waals surface area (Å²) >= 11 is 0. The predicted octanol–water partition coefficient (Wildman–Crippen LogP) is 3.34. The molecule has 0 unspecified atom stereocenters. The van der Waals surface area contributed by atoms with Gasteiger partial charge in [-0.1, -0.05) is 24.3 Å². The van der Waals surface area contributed by atoms with Gasteiger partial charge in [-0.2, -0.15) is 5.10 Å². The van der Waals surface area contributed by atoms with Crippen molar-refractivity contribution in [1.82, 2.24) is 14.6 Å². The average molecular weight is 377 g/mol. The quantitative estimate of drug-likeness (QED) is 0.360. The molecule has 0 bridgehead atoms. The van der Waals surface area contributed by atoms with Gasteiger partial charge in [0.1, 0.15) is 12.1 Å². The van der Waals surface area contributed by atoms with Crippen LogP contribution in [0.1, 0.15) is 11.1 Å². The zero-order chi connectivity index (χ0) is 19.9. The zero-order valence-electron chi connectivity index (χ0n) is 16.9. The van der Waals surface area contributed by atoms with Gasteiger partial charge in [0.05, 0.1) is 12.2 Å². The molecule has 0 aliphatic rings. The minimum atomic E-state index is 0.595. The molecule has 0 radical (unpaired) electrons. The van der Waals surface area contributed by atoms with E-state index < -0.39 is 0 Å². The van der Waals surface area contributed by atoms with E-state index in [9.17, 15) is 0 Å². The van der Waals surface area contributed by atoms with Gasteiger partial charge in [0.25, 0.3) is 0 Å². The summed E-state index contributed by atoms with van der Waals surface area (Å²) in [6.45, 7) is 0.595. The highest BCUT2D eigenvalue weighted by Gasteiger charge is 2.13. The van der Waals surface area contributed by atoms with Crippen LogP contribution in [0.3, 0.4) is 0 Å². The Morgan fingerprint density at radius 3 is 2.43 bits per heavy atom. The van der Waals surface area contributed by atoms with Crippen molar-refractivity contribution < 1.29 is 4.74 Å². The smallest absolute Gasteiger partial charge is 0.168 e. The number of imidazole rings is 1. The number of para-hydroxylation sites is 1. The van der Waals surface area contributed by atoms with Gasteiger partial charge in [0, 0.05) is 52.7 Å². The molecular formula is C22H27N5O. The molecule has 1 heterocycles. The summed E-state index contributed by atoms with van der Waals surface area (Å²) < 4.78 is 8.03. The summed E-state index contributed by atoms with van der Waals surface area (Å²) in [5.41, 5.74) is 3.37. The molecule has 0 spiro atoms. The number of aromatic nitrogens is 2. The first kappa shape index (κ1) is 19.5. The van der Waals surface area contributed by atoms with Gasteiger partial charge in [-0.05, 0) is 29.8 Å². The largest absolute Gasteiger partial charge is 0.492 e. The Kier molecular flexibility index (Phi) is 6.32. The van der Waals surface area contributed by atoms with Crippen LogP contribution in [0.25, 0.3) is 0 Å². The Morgan fingerprint density at radius 2 is 1.79 bits per heavy atom. The first-order valence-corrected chi connectivity index (χ1v) is 9.27. The number of hydrogen-bond acceptors (Lipinski definition) is 5. The molecule has 6 heteroatoms. The Hall–Kier alpha value is -3.28. The second kappa shape index (κ2) is 9.08. The number of hydrogen-bond donors (Lipinski definition) is 0. The third-order valence-electron chi connectivity index (χ3n) is 4.27. The van der Waals surface area contributed by atoms with E-state index >= 15 is 0 Å². The number of ether oxygens (including phenoxy) is 1. The van der Waals surface area contributed by atoms with Gasteiger partial charge in [0.15, 0.2) is 5.84 Å². The summed E-state index contributed by atoms with van der Waals surface area (Å²) in [4.78, 5) is 6.24. The molecule has 2 aromatic carbocycles. The summed E-state index contributed by atoms with van der Waals surface area (Å²) in [5, 5.41) is 6.41. The second-order valence-corrected chi connectivity index (χ2v) is 6.90. The van der Waals surface area contributed by atoms with Crippen molar-refractivity contribution in [3.63, 3.8) is 0 Å². The van der Waals surface area contributed by atoms with Crippen LogP contribution in [0.4, 0.5) is 5.69 Å². The van der Waals surface area contributed by atoms with Crippen LogP contribution < -0.4 is 9.64 Å². The topological polar surface area (TPSA) is 45.9 Å². The third-order valence-corrected chi connectivity index (χ3v) is 4.27. The molecule has 3 aromatic rings. The maximum absolute atomic E-state index is 6.14. The number of hydrazone groups is 1. The monoisotopic (exact) mass is 377 g/mol. The standard InChI is InChI=1S/C22H27N5O/c1-25(2)19-11-9-18(10-12-19)13-16-28-21-8-6-5-7-20(21)22(24-26(3)4)27-15-14-23-17-27/h5-12,14-15,17H,13,16H2,1-4H3/b24-22-. The number of anilines is 1. The summed E-state index contributed by atoms with van der Waals surface area (Å²) in [6.07, 6.45) is 6.20. The van der Waals surface area contributed by atoms with Gasteiger partial charge in [0.2, 0.25) is 0 Å². The molecule has 1 aromatic heterocycles. The van der Waals surface area contributed by atoms with Crippen molar-refractivity contribution in [2.45, 2.75) is 6.42 Å². The minimum Gasteiger partial charge on any atom is -0.492 e. The lowest BCUT2D eigenvalue weighted by Gasteiger charge is -2.16. The molecule has 6 nitrogen and oxygen atoms in total. The highest BCUT2D eigenvalue weighted by atomic mass is 16.5. The molecule has 0 atom stereocenters. The van der Waals surface area contributed by atoms with Gasteiger partial charge < -0.3 is 14.6 Å². The Balaban J connectivity index is 1.75. The lowest BCUT2D eigenvalue weighted by molar-refractivity contribution is 0.321. The molecule has 28 heavy (non-hydrogen) atoms. The van der Waals surface area contributed by atoms with Gasteiger partial charge in [-0.25, -0.2) is 4.98 Å². The van der Waals surface area contributed by atoms with Gasteiger partial charge in [-0.3, -0.25) is 4.57 Å². The van der Waals surface area contributed by atoms with Crippen molar-refractivity contribution in [2.75, 3.05) is 39.7 Å². The average Bonchev–Trinajstić information content (AvgIpc) is 3.21. The molecule has 0 aliphatic carbocycles. The van der Waals surface area contributed by atoms with Crippen LogP contribution in [0.5, 0.6) is 5.75 Å². The van der Waals surface area contributed by atoms with E-state index in [-0.39, 0.29) is 0 Å². The van der Waals surface area contributed by atoms with E-state index in [1.165, 1.54) is 11.3 Å². The van der Waals surface area contributed by atoms with E-state index in [1.54, 1.807) is 17.5 Å². The lowest BCUT2D eigenvalue weighted by Crippen LogP contribution is -2.18. The Morgan fingerprint density at radius 1 is 1.04 bits per heavy atom. The van der Waals surface area contributed by atoms with Crippen LogP contribution >= 0.6 is 0 Å². The first-order valence-electron chi connectivity index (χ1n) is 9.27. The van der Waals surface area contributed by atoms with E-state index in [4.69, 9.17) is 4.74 Å². The van der Waals surface area contributed by atoms with Crippen molar-refractivity contribution in [3.8, 4) is 5.75 Å². The van der Waals surface area contributed by atoms with Gasteiger partial charge >= 0.3 is 0 Å². The Labute approximate surface area is 166 Å². The second-order valence-electron chi connectivity index (χ2n) is 6.90. The van der Waals surface area contributed by atoms with Crippen LogP contribution in [0, 0.1) is 0 Å². The normalized spacial score (nSPS) is 11.4. The molecule has 0 amide bonds. The summed E-state index contributed by atoms with van der Waals surface area (Å²) in [6, 6.07) is 16.5. The predicted molar refractivity (Wildman–Crippen MR) is 114 cm³/mol. The maximum Gasteiger partial charge on any atom is 0.168 e. The highest BCUT2D eigenvalue weighted by molar-refractivity contribution is 6.02. The number of rotatable bonds is 7. The molecule has 0 aliphatic heterocycles. The molecule has 146 valence electrons. The lowest BCUT2D eigenvalue weighted by atomic mass is 10.1.